The van der Waals surface area contributed by atoms with Gasteiger partial charge >= 0.3 is 0 Å². The lowest BCUT2D eigenvalue weighted by molar-refractivity contribution is -0.148. The number of benzene rings is 2. The largest absolute Gasteiger partial charge is 0.384 e. The van der Waals surface area contributed by atoms with Crippen LogP contribution in [0, 0.1) is 5.41 Å². The van der Waals surface area contributed by atoms with Crippen LogP contribution in [0.1, 0.15) is 47.3 Å². The Morgan fingerprint density at radius 2 is 1.92 bits per heavy atom. The first-order chi connectivity index (χ1) is 17.3. The monoisotopic (exact) mass is 495 g/mol. The number of amides is 3. The topological polar surface area (TPSA) is 149 Å². The third-order valence-electron chi connectivity index (χ3n) is 6.01. The minimum Gasteiger partial charge on any atom is -0.384 e. The number of amidine groups is 1. The normalized spacial score (nSPS) is 18.1. The van der Waals surface area contributed by atoms with Crippen molar-refractivity contribution in [3.05, 3.63) is 64.7 Å². The average molecular weight is 496 g/mol. The van der Waals surface area contributed by atoms with Crippen molar-refractivity contribution >= 4 is 29.2 Å². The fourth-order valence-corrected chi connectivity index (χ4v) is 4.09. The third-order valence-corrected chi connectivity index (χ3v) is 6.01. The lowest BCUT2D eigenvalue weighted by Crippen LogP contribution is -2.51. The summed E-state index contributed by atoms with van der Waals surface area (Å²) in [5, 5.41) is 20.7. The van der Waals surface area contributed by atoms with Gasteiger partial charge in [0.05, 0.1) is 0 Å². The van der Waals surface area contributed by atoms with Crippen molar-refractivity contribution in [3.8, 4) is 0 Å². The van der Waals surface area contributed by atoms with Crippen LogP contribution in [0.25, 0.3) is 0 Å². The Morgan fingerprint density at radius 1 is 1.22 bits per heavy atom. The highest BCUT2D eigenvalue weighted by Crippen LogP contribution is 2.28. The maximum Gasteiger partial charge on any atom is 0.259 e. The van der Waals surface area contributed by atoms with Crippen LogP contribution in [-0.2, 0) is 27.4 Å². The van der Waals surface area contributed by atoms with Crippen molar-refractivity contribution < 1.29 is 24.2 Å². The second kappa shape index (κ2) is 11.8. The summed E-state index contributed by atoms with van der Waals surface area (Å²) >= 11 is 0. The molecule has 5 N–H and O–H groups in total. The van der Waals surface area contributed by atoms with E-state index in [2.05, 4.69) is 5.32 Å². The molecule has 10 heteroatoms. The van der Waals surface area contributed by atoms with Gasteiger partial charge < -0.3 is 30.7 Å². The summed E-state index contributed by atoms with van der Waals surface area (Å²) in [6.07, 6.45) is -2.55. The van der Waals surface area contributed by atoms with Crippen LogP contribution < -0.4 is 16.0 Å². The van der Waals surface area contributed by atoms with E-state index in [1.54, 1.807) is 48.3 Å². The van der Waals surface area contributed by atoms with Crippen LogP contribution in [0.2, 0.25) is 0 Å². The van der Waals surface area contributed by atoms with E-state index < -0.39 is 24.0 Å². The highest BCUT2D eigenvalue weighted by atomic mass is 16.5. The standard InChI is InChI=1S/C24H27N5O5.C2H6/c1-28-13-16-7-8-17(11-18(16)23(28)32)29-9-2-10-34-20(24(29)33)19(30)22(31)27-12-14-3-5-15(6-4-14)21(25)26;1-2/h3-8,11,19-20,30H,2,9-10,12-13H2,1H3,(H3,25,26)(H,27,31);1-2H3. The second-order valence-corrected chi connectivity index (χ2v) is 8.41. The molecule has 0 radical (unpaired) electrons. The summed E-state index contributed by atoms with van der Waals surface area (Å²) < 4.78 is 5.56. The Balaban J connectivity index is 0.00000176. The van der Waals surface area contributed by atoms with Crippen molar-refractivity contribution in [2.75, 3.05) is 25.1 Å². The number of hydrogen-bond donors (Lipinski definition) is 4. The summed E-state index contributed by atoms with van der Waals surface area (Å²) in [7, 11) is 1.72. The molecule has 2 heterocycles. The first-order valence-corrected chi connectivity index (χ1v) is 12.0. The molecule has 0 aliphatic carbocycles. The Morgan fingerprint density at radius 3 is 2.58 bits per heavy atom. The number of carbonyl (C=O) groups excluding carboxylic acids is 3. The maximum absolute atomic E-state index is 13.2. The van der Waals surface area contributed by atoms with Crippen molar-refractivity contribution in [1.82, 2.24) is 10.2 Å². The van der Waals surface area contributed by atoms with Gasteiger partial charge in [-0.25, -0.2) is 0 Å². The quantitative estimate of drug-likeness (QED) is 0.351. The smallest absolute Gasteiger partial charge is 0.259 e. The third kappa shape index (κ3) is 5.72. The number of rotatable bonds is 6. The van der Waals surface area contributed by atoms with E-state index in [9.17, 15) is 19.5 Å². The van der Waals surface area contributed by atoms with Crippen LogP contribution in [0.15, 0.2) is 42.5 Å². The van der Waals surface area contributed by atoms with Gasteiger partial charge in [-0.3, -0.25) is 19.8 Å². The Labute approximate surface area is 210 Å². The SMILES string of the molecule is CC.CN1Cc2ccc(N3CCCOC(C(O)C(=O)NCc4ccc(C(=N)N)cc4)C3=O)cc2C1=O. The molecule has 2 aromatic carbocycles. The molecule has 2 unspecified atom stereocenters. The Hall–Kier alpha value is -3.76. The van der Waals surface area contributed by atoms with E-state index in [1.807, 2.05) is 19.9 Å². The summed E-state index contributed by atoms with van der Waals surface area (Å²) in [6, 6.07) is 12.0. The molecule has 2 aliphatic heterocycles. The molecule has 2 aliphatic rings. The lowest BCUT2D eigenvalue weighted by Gasteiger charge is -2.26. The molecule has 36 heavy (non-hydrogen) atoms. The summed E-state index contributed by atoms with van der Waals surface area (Å²) in [5.74, 6) is -1.44. The predicted octanol–water partition coefficient (Wildman–Crippen LogP) is 1.38. The van der Waals surface area contributed by atoms with Gasteiger partial charge in [-0.05, 0) is 29.7 Å². The summed E-state index contributed by atoms with van der Waals surface area (Å²) in [6.45, 7) is 5.19. The molecule has 4 rings (SSSR count). The van der Waals surface area contributed by atoms with Crippen LogP contribution in [-0.4, -0.2) is 66.0 Å². The van der Waals surface area contributed by atoms with Gasteiger partial charge in [0, 0.05) is 50.1 Å². The zero-order chi connectivity index (χ0) is 26.4. The predicted molar refractivity (Wildman–Crippen MR) is 136 cm³/mol. The molecule has 0 spiro atoms. The van der Waals surface area contributed by atoms with Crippen LogP contribution in [0.3, 0.4) is 0 Å². The summed E-state index contributed by atoms with van der Waals surface area (Å²) in [5.41, 5.74) is 8.71. The fourth-order valence-electron chi connectivity index (χ4n) is 4.09. The average Bonchev–Trinajstić information content (AvgIpc) is 3.04. The molecule has 10 nitrogen and oxygen atoms in total. The minimum atomic E-state index is -1.70. The zero-order valence-corrected chi connectivity index (χ0v) is 20.8. The van der Waals surface area contributed by atoms with E-state index in [0.29, 0.717) is 36.3 Å². The molecular weight excluding hydrogens is 462 g/mol. The maximum atomic E-state index is 13.2. The molecule has 3 amide bonds. The minimum absolute atomic E-state index is 0.0562. The van der Waals surface area contributed by atoms with Gasteiger partial charge in [0.15, 0.2) is 12.2 Å². The molecular formula is C26H33N5O5. The zero-order valence-electron chi connectivity index (χ0n) is 20.8. The van der Waals surface area contributed by atoms with Gasteiger partial charge in [-0.15, -0.1) is 0 Å². The molecule has 1 fully saturated rings. The van der Waals surface area contributed by atoms with Gasteiger partial charge in [-0.2, -0.15) is 0 Å². The van der Waals surface area contributed by atoms with E-state index in [1.165, 1.54) is 4.90 Å². The number of nitrogens with two attached hydrogens (primary N) is 1. The fraction of sp³-hybridized carbons (Fsp3) is 0.385. The van der Waals surface area contributed by atoms with Gasteiger partial charge in [0.25, 0.3) is 17.7 Å². The first kappa shape index (κ1) is 26.8. The van der Waals surface area contributed by atoms with E-state index in [4.69, 9.17) is 15.9 Å². The number of anilines is 1. The van der Waals surface area contributed by atoms with E-state index in [-0.39, 0.29) is 24.9 Å². The molecule has 1 saturated heterocycles. The lowest BCUT2D eigenvalue weighted by atomic mass is 10.1. The number of nitrogens with zero attached hydrogens (tertiary/aromatic N) is 2. The molecule has 192 valence electrons. The molecule has 0 aromatic heterocycles. The number of ether oxygens (including phenoxy) is 1. The Bertz CT molecular complexity index is 1130. The highest BCUT2D eigenvalue weighted by molar-refractivity contribution is 6.03. The number of fused-ring (bicyclic) bond motifs is 1. The van der Waals surface area contributed by atoms with Gasteiger partial charge in [-0.1, -0.05) is 44.2 Å². The molecule has 0 saturated carbocycles. The number of aliphatic hydroxyl groups excluding tert-OH is 1. The number of nitrogen functional groups attached to an aromatic ring is 1. The van der Waals surface area contributed by atoms with Crippen molar-refractivity contribution in [2.24, 2.45) is 5.73 Å². The van der Waals surface area contributed by atoms with Crippen molar-refractivity contribution in [3.63, 3.8) is 0 Å². The van der Waals surface area contributed by atoms with Crippen LogP contribution in [0.5, 0.6) is 0 Å². The molecule has 2 aromatic rings. The van der Waals surface area contributed by atoms with E-state index >= 15 is 0 Å². The van der Waals surface area contributed by atoms with Crippen LogP contribution >= 0.6 is 0 Å². The summed E-state index contributed by atoms with van der Waals surface area (Å²) in [4.78, 5) is 41.3. The van der Waals surface area contributed by atoms with E-state index in [0.717, 1.165) is 11.1 Å². The van der Waals surface area contributed by atoms with Crippen molar-refractivity contribution in [2.45, 2.75) is 45.6 Å². The van der Waals surface area contributed by atoms with Crippen LogP contribution in [0.4, 0.5) is 5.69 Å². The number of carbonyl (C=O) groups is 3. The highest BCUT2D eigenvalue weighted by Gasteiger charge is 2.38. The number of aliphatic hydroxyl groups is 1. The molecule has 0 bridgehead atoms. The number of hydrogen-bond acceptors (Lipinski definition) is 6. The Kier molecular flexibility index (Phi) is 8.78. The number of nitrogens with one attached hydrogen (secondary N) is 2. The second-order valence-electron chi connectivity index (χ2n) is 8.41. The molecule has 2 atom stereocenters. The van der Waals surface area contributed by atoms with Gasteiger partial charge in [0.2, 0.25) is 0 Å². The van der Waals surface area contributed by atoms with Gasteiger partial charge in [0.1, 0.15) is 5.84 Å². The van der Waals surface area contributed by atoms with Crippen molar-refractivity contribution in [1.29, 1.82) is 5.41 Å². The first-order valence-electron chi connectivity index (χ1n) is 12.0.